The highest BCUT2D eigenvalue weighted by Crippen LogP contribution is 2.45. The fraction of sp³-hybridized carbons (Fsp3) is 0.250. The monoisotopic (exact) mass is 431 g/mol. The van der Waals surface area contributed by atoms with E-state index >= 15 is 0 Å². The molecule has 0 N–H and O–H groups in total. The Labute approximate surface area is 183 Å². The lowest BCUT2D eigenvalue weighted by molar-refractivity contribution is -0.00519. The molecule has 1 saturated heterocycles. The number of rotatable bonds is 3. The molecule has 1 atom stereocenters. The second-order valence-electron chi connectivity index (χ2n) is 8.21. The van der Waals surface area contributed by atoms with E-state index in [-0.39, 0.29) is 11.8 Å². The van der Waals surface area contributed by atoms with Gasteiger partial charge in [-0.3, -0.25) is 9.59 Å². The van der Waals surface area contributed by atoms with Crippen LogP contribution < -0.4 is 4.74 Å². The molecular weight excluding hydrogens is 410 g/mol. The van der Waals surface area contributed by atoms with Crippen LogP contribution in [0.5, 0.6) is 5.75 Å². The number of hydrogen-bond acceptors (Lipinski definition) is 5. The van der Waals surface area contributed by atoms with Crippen LogP contribution in [0.15, 0.2) is 64.0 Å². The van der Waals surface area contributed by atoms with Crippen molar-refractivity contribution in [1.29, 1.82) is 0 Å². The van der Waals surface area contributed by atoms with Gasteiger partial charge in [0.2, 0.25) is 0 Å². The van der Waals surface area contributed by atoms with E-state index in [1.54, 1.807) is 35.5 Å². The second-order valence-corrected chi connectivity index (χ2v) is 8.21. The Hall–Kier alpha value is -3.94. The molecule has 1 unspecified atom stereocenters. The summed E-state index contributed by atoms with van der Waals surface area (Å²) in [5.74, 6) is 0.415. The van der Waals surface area contributed by atoms with Crippen molar-refractivity contribution < 1.29 is 23.2 Å². The number of nitrogens with zero attached hydrogens (tertiary/aromatic N) is 3. The van der Waals surface area contributed by atoms with E-state index in [1.165, 1.54) is 6.26 Å². The van der Waals surface area contributed by atoms with Crippen molar-refractivity contribution >= 4 is 22.9 Å². The third-order valence-electron chi connectivity index (χ3n) is 6.69. The number of hydrogen-bond donors (Lipinski definition) is 0. The van der Waals surface area contributed by atoms with Crippen LogP contribution in [0.1, 0.15) is 32.0 Å². The van der Waals surface area contributed by atoms with Gasteiger partial charge in [-0.15, -0.1) is 0 Å². The molecule has 2 amide bonds. The molecular formula is C24H21N3O5. The number of aromatic nitrogens is 1. The van der Waals surface area contributed by atoms with Crippen molar-refractivity contribution in [2.24, 2.45) is 0 Å². The van der Waals surface area contributed by atoms with E-state index in [2.05, 4.69) is 0 Å². The maximum Gasteiger partial charge on any atom is 0.272 e. The van der Waals surface area contributed by atoms with Gasteiger partial charge >= 0.3 is 0 Å². The number of ether oxygens (including phenoxy) is 1. The number of fused-ring (bicyclic) bond motifs is 4. The quantitative estimate of drug-likeness (QED) is 0.495. The molecule has 0 aliphatic carbocycles. The molecule has 32 heavy (non-hydrogen) atoms. The Morgan fingerprint density at radius 1 is 1.12 bits per heavy atom. The van der Waals surface area contributed by atoms with Crippen molar-refractivity contribution in [3.8, 4) is 5.75 Å². The first kappa shape index (κ1) is 18.8. The molecule has 162 valence electrons. The Kier molecular flexibility index (Phi) is 3.83. The maximum atomic E-state index is 13.7. The van der Waals surface area contributed by atoms with Crippen LogP contribution in [0, 0.1) is 6.92 Å². The largest absolute Gasteiger partial charge is 0.497 e. The number of aryl methyl sites for hydroxylation is 1. The fourth-order valence-electron chi connectivity index (χ4n) is 5.09. The summed E-state index contributed by atoms with van der Waals surface area (Å²) in [4.78, 5) is 31.0. The van der Waals surface area contributed by atoms with E-state index in [4.69, 9.17) is 13.6 Å². The molecule has 5 heterocycles. The third-order valence-corrected chi connectivity index (χ3v) is 6.69. The van der Waals surface area contributed by atoms with Crippen LogP contribution in [0.2, 0.25) is 0 Å². The molecule has 3 aromatic heterocycles. The first-order valence-corrected chi connectivity index (χ1v) is 10.4. The van der Waals surface area contributed by atoms with Gasteiger partial charge in [0, 0.05) is 30.8 Å². The molecule has 1 aromatic carbocycles. The summed E-state index contributed by atoms with van der Waals surface area (Å²) in [5, 5.41) is 0. The topological polar surface area (TPSA) is 81.1 Å². The van der Waals surface area contributed by atoms with Gasteiger partial charge in [-0.2, -0.15) is 0 Å². The Morgan fingerprint density at radius 3 is 2.66 bits per heavy atom. The minimum Gasteiger partial charge on any atom is -0.497 e. The summed E-state index contributed by atoms with van der Waals surface area (Å²) in [7, 11) is 1.61. The molecule has 0 saturated carbocycles. The van der Waals surface area contributed by atoms with Crippen molar-refractivity contribution in [3.05, 3.63) is 77.6 Å². The van der Waals surface area contributed by atoms with E-state index in [0.29, 0.717) is 42.2 Å². The van der Waals surface area contributed by atoms with Crippen LogP contribution >= 0.6 is 0 Å². The molecule has 6 rings (SSSR count). The highest BCUT2D eigenvalue weighted by molar-refractivity contribution is 6.01. The molecule has 0 bridgehead atoms. The van der Waals surface area contributed by atoms with E-state index in [0.717, 1.165) is 16.6 Å². The molecule has 8 heteroatoms. The van der Waals surface area contributed by atoms with Gasteiger partial charge in [0.1, 0.15) is 17.7 Å². The summed E-state index contributed by atoms with van der Waals surface area (Å²) in [6.45, 7) is 3.09. The van der Waals surface area contributed by atoms with E-state index in [1.807, 2.05) is 41.8 Å². The predicted molar refractivity (Wildman–Crippen MR) is 114 cm³/mol. The van der Waals surface area contributed by atoms with Crippen LogP contribution in [-0.2, 0) is 12.2 Å². The lowest BCUT2D eigenvalue weighted by Gasteiger charge is -2.47. The smallest absolute Gasteiger partial charge is 0.272 e. The Balaban J connectivity index is 1.57. The zero-order valence-corrected chi connectivity index (χ0v) is 17.7. The van der Waals surface area contributed by atoms with Gasteiger partial charge in [-0.05, 0) is 24.6 Å². The highest BCUT2D eigenvalue weighted by atomic mass is 16.5. The van der Waals surface area contributed by atoms with Crippen LogP contribution in [0.3, 0.4) is 0 Å². The molecule has 0 radical (unpaired) electrons. The minimum atomic E-state index is -0.986. The third kappa shape index (κ3) is 2.32. The second kappa shape index (κ2) is 6.53. The van der Waals surface area contributed by atoms with Gasteiger partial charge in [0.15, 0.2) is 11.2 Å². The first-order valence-electron chi connectivity index (χ1n) is 10.4. The molecule has 2 aliphatic rings. The van der Waals surface area contributed by atoms with Gasteiger partial charge in [0.05, 0.1) is 37.3 Å². The van der Waals surface area contributed by atoms with Gasteiger partial charge in [-0.1, -0.05) is 12.1 Å². The Morgan fingerprint density at radius 2 is 1.94 bits per heavy atom. The number of carbonyl (C=O) groups is 2. The number of furan rings is 2. The van der Waals surface area contributed by atoms with E-state index < -0.39 is 5.66 Å². The lowest BCUT2D eigenvalue weighted by atomic mass is 9.93. The SMILES string of the molecule is COc1ccc(C23Cn4c(cc5occc54)C(=O)N2CCN3C(=O)c2cocc2C)cc1. The van der Waals surface area contributed by atoms with Crippen molar-refractivity contribution in [2.45, 2.75) is 19.1 Å². The highest BCUT2D eigenvalue weighted by Gasteiger charge is 2.56. The molecule has 8 nitrogen and oxygen atoms in total. The Bertz CT molecular complexity index is 1360. The summed E-state index contributed by atoms with van der Waals surface area (Å²) in [6.07, 6.45) is 4.65. The number of benzene rings is 1. The fourth-order valence-corrected chi connectivity index (χ4v) is 5.09. The van der Waals surface area contributed by atoms with Gasteiger partial charge < -0.3 is 27.9 Å². The standard InChI is InChI=1S/C24H21N3O5/c1-15-12-31-13-18(15)22(28)26-8-9-27-23(29)20-11-21-19(7-10-32-21)25(20)14-24(26,27)16-3-5-17(30-2)6-4-16/h3-7,10-13H,8-9,14H2,1-2H3. The average molecular weight is 431 g/mol. The summed E-state index contributed by atoms with van der Waals surface area (Å²) in [5.41, 5.74) is 3.17. The summed E-state index contributed by atoms with van der Waals surface area (Å²) >= 11 is 0. The maximum absolute atomic E-state index is 13.7. The molecule has 4 aromatic rings. The zero-order chi connectivity index (χ0) is 22.0. The molecule has 0 spiro atoms. The molecule has 2 aliphatic heterocycles. The minimum absolute atomic E-state index is 0.127. The lowest BCUT2D eigenvalue weighted by Crippen LogP contribution is -2.60. The summed E-state index contributed by atoms with van der Waals surface area (Å²) < 4.78 is 18.1. The van der Waals surface area contributed by atoms with Crippen LogP contribution in [0.4, 0.5) is 0 Å². The first-order chi connectivity index (χ1) is 15.5. The zero-order valence-electron chi connectivity index (χ0n) is 17.7. The number of amides is 2. The van der Waals surface area contributed by atoms with Gasteiger partial charge in [0.25, 0.3) is 11.8 Å². The normalized spacial score (nSPS) is 20.0. The van der Waals surface area contributed by atoms with Crippen molar-refractivity contribution in [3.63, 3.8) is 0 Å². The number of carbonyl (C=O) groups excluding carboxylic acids is 2. The molecule has 1 fully saturated rings. The van der Waals surface area contributed by atoms with E-state index in [9.17, 15) is 9.59 Å². The average Bonchev–Trinajstić information content (AvgIpc) is 3.57. The van der Waals surface area contributed by atoms with Gasteiger partial charge in [-0.25, -0.2) is 0 Å². The summed E-state index contributed by atoms with van der Waals surface area (Å²) in [6, 6.07) is 11.2. The van der Waals surface area contributed by atoms with Crippen LogP contribution in [0.25, 0.3) is 11.1 Å². The van der Waals surface area contributed by atoms with Crippen molar-refractivity contribution in [2.75, 3.05) is 20.2 Å². The van der Waals surface area contributed by atoms with Crippen molar-refractivity contribution in [1.82, 2.24) is 14.4 Å². The van der Waals surface area contributed by atoms with Crippen LogP contribution in [-0.4, -0.2) is 46.4 Å². The number of methoxy groups -OCH3 is 1. The predicted octanol–water partition coefficient (Wildman–Crippen LogP) is 3.61.